The monoisotopic (exact) mass is 379 g/mol. The van der Waals surface area contributed by atoms with E-state index in [1.54, 1.807) is 0 Å². The van der Waals surface area contributed by atoms with Gasteiger partial charge in [0.1, 0.15) is 16.6 Å². The van der Waals surface area contributed by atoms with E-state index in [4.69, 9.17) is 0 Å². The van der Waals surface area contributed by atoms with Crippen molar-refractivity contribution in [3.63, 3.8) is 0 Å². The third-order valence-electron chi connectivity index (χ3n) is 4.40. The van der Waals surface area contributed by atoms with Gasteiger partial charge in [-0.1, -0.05) is 42.7 Å². The molecule has 0 spiro atoms. The minimum atomic E-state index is -4.48. The molecular weight excluding hydrogens is 363 g/mol. The van der Waals surface area contributed by atoms with Crippen LogP contribution in [0.15, 0.2) is 24.3 Å². The Morgan fingerprint density at radius 1 is 1.27 bits per heavy atom. The summed E-state index contributed by atoms with van der Waals surface area (Å²) in [6, 6.07) is 6.62. The van der Waals surface area contributed by atoms with Gasteiger partial charge in [0.25, 0.3) is 0 Å². The lowest BCUT2D eigenvalue weighted by Gasteiger charge is -2.19. The van der Waals surface area contributed by atoms with E-state index < -0.39 is 11.7 Å². The van der Waals surface area contributed by atoms with E-state index in [9.17, 15) is 23.2 Å². The summed E-state index contributed by atoms with van der Waals surface area (Å²) in [5.41, 5.74) is -0.451. The van der Waals surface area contributed by atoms with E-state index in [0.717, 1.165) is 55.6 Å². The molecule has 1 aliphatic rings. The molecule has 0 saturated heterocycles. The Morgan fingerprint density at radius 3 is 2.65 bits per heavy atom. The van der Waals surface area contributed by atoms with E-state index in [0.29, 0.717) is 0 Å². The fourth-order valence-corrected chi connectivity index (χ4v) is 3.85. The molecule has 1 amide bonds. The Morgan fingerprint density at radius 2 is 2.00 bits per heavy atom. The lowest BCUT2D eigenvalue weighted by molar-refractivity contribution is -0.137. The van der Waals surface area contributed by atoms with Crippen LogP contribution in [0, 0.1) is 17.2 Å². The first-order valence-electron chi connectivity index (χ1n) is 8.28. The van der Waals surface area contributed by atoms with Crippen molar-refractivity contribution < 1.29 is 18.0 Å². The summed E-state index contributed by atoms with van der Waals surface area (Å²) in [5, 5.41) is 12.2. The molecule has 26 heavy (non-hydrogen) atoms. The SMILES string of the molecule is N#Cc1sc(NC(=O)C2CCCCC2)nc1-c1cccc(C(F)(F)F)c1. The number of carbonyl (C=O) groups excluding carboxylic acids is 1. The van der Waals surface area contributed by atoms with Crippen molar-refractivity contribution in [2.45, 2.75) is 38.3 Å². The molecule has 136 valence electrons. The van der Waals surface area contributed by atoms with E-state index >= 15 is 0 Å². The van der Waals surface area contributed by atoms with E-state index in [2.05, 4.69) is 10.3 Å². The number of aromatic nitrogens is 1. The fourth-order valence-electron chi connectivity index (χ4n) is 3.06. The molecule has 0 radical (unpaired) electrons. The molecule has 1 saturated carbocycles. The van der Waals surface area contributed by atoms with Crippen LogP contribution in [0.25, 0.3) is 11.3 Å². The van der Waals surface area contributed by atoms with Gasteiger partial charge in [-0.25, -0.2) is 4.98 Å². The Kier molecular flexibility index (Phi) is 5.28. The number of nitrogens with one attached hydrogen (secondary N) is 1. The number of nitriles is 1. The van der Waals surface area contributed by atoms with Crippen molar-refractivity contribution in [2.24, 2.45) is 5.92 Å². The Bertz CT molecular complexity index is 848. The highest BCUT2D eigenvalue weighted by molar-refractivity contribution is 7.16. The van der Waals surface area contributed by atoms with Crippen LogP contribution in [0.1, 0.15) is 42.5 Å². The zero-order valence-electron chi connectivity index (χ0n) is 13.8. The maximum Gasteiger partial charge on any atom is 0.416 e. The van der Waals surface area contributed by atoms with Gasteiger partial charge in [-0.2, -0.15) is 18.4 Å². The molecule has 1 aromatic heterocycles. The van der Waals surface area contributed by atoms with Gasteiger partial charge in [-0.05, 0) is 25.0 Å². The highest BCUT2D eigenvalue weighted by Crippen LogP contribution is 2.35. The standard InChI is InChI=1S/C18H16F3N3OS/c19-18(20,21)13-8-4-7-12(9-13)15-14(10-22)26-17(23-15)24-16(25)11-5-2-1-3-6-11/h4,7-9,11H,1-3,5-6H2,(H,23,24,25). The molecule has 2 aromatic rings. The number of carbonyl (C=O) groups is 1. The minimum absolute atomic E-state index is 0.0739. The summed E-state index contributed by atoms with van der Waals surface area (Å²) in [5.74, 6) is -0.214. The van der Waals surface area contributed by atoms with Crippen molar-refractivity contribution in [1.82, 2.24) is 4.98 Å². The number of halogens is 3. The molecule has 1 aromatic carbocycles. The second kappa shape index (κ2) is 7.46. The van der Waals surface area contributed by atoms with Crippen LogP contribution in [0.2, 0.25) is 0 Å². The van der Waals surface area contributed by atoms with E-state index in [1.165, 1.54) is 12.1 Å². The third kappa shape index (κ3) is 4.05. The van der Waals surface area contributed by atoms with Gasteiger partial charge in [0.05, 0.1) is 5.56 Å². The summed E-state index contributed by atoms with van der Waals surface area (Å²) < 4.78 is 38.7. The normalized spacial score (nSPS) is 15.5. The zero-order chi connectivity index (χ0) is 18.7. The molecule has 1 fully saturated rings. The largest absolute Gasteiger partial charge is 0.416 e. The van der Waals surface area contributed by atoms with Crippen LogP contribution >= 0.6 is 11.3 Å². The van der Waals surface area contributed by atoms with Crippen molar-refractivity contribution >= 4 is 22.4 Å². The second-order valence-electron chi connectivity index (χ2n) is 6.21. The highest BCUT2D eigenvalue weighted by Gasteiger charge is 2.31. The second-order valence-corrected chi connectivity index (χ2v) is 7.21. The predicted octanol–water partition coefficient (Wildman–Crippen LogP) is 5.22. The number of anilines is 1. The summed E-state index contributed by atoms with van der Waals surface area (Å²) >= 11 is 0.975. The number of rotatable bonds is 3. The molecule has 0 aliphatic heterocycles. The van der Waals surface area contributed by atoms with Crippen LogP contribution in [0.3, 0.4) is 0 Å². The number of thiazole rings is 1. The molecule has 1 aliphatic carbocycles. The molecule has 0 bridgehead atoms. The highest BCUT2D eigenvalue weighted by atomic mass is 32.1. The van der Waals surface area contributed by atoms with Gasteiger partial charge in [0, 0.05) is 11.5 Å². The lowest BCUT2D eigenvalue weighted by atomic mass is 9.89. The van der Waals surface area contributed by atoms with Gasteiger partial charge < -0.3 is 5.32 Å². The summed E-state index contributed by atoms with van der Waals surface area (Å²) in [6.07, 6.45) is 0.311. The van der Waals surface area contributed by atoms with Crippen LogP contribution in [-0.2, 0) is 11.0 Å². The van der Waals surface area contributed by atoms with Crippen molar-refractivity contribution in [2.75, 3.05) is 5.32 Å². The van der Waals surface area contributed by atoms with Gasteiger partial charge in [0.2, 0.25) is 5.91 Å². The third-order valence-corrected chi connectivity index (χ3v) is 5.27. The number of alkyl halides is 3. The number of amides is 1. The molecule has 8 heteroatoms. The molecule has 1 heterocycles. The van der Waals surface area contributed by atoms with Crippen molar-refractivity contribution in [3.05, 3.63) is 34.7 Å². The minimum Gasteiger partial charge on any atom is -0.302 e. The van der Waals surface area contributed by atoms with Crippen LogP contribution in [-0.4, -0.2) is 10.9 Å². The Balaban J connectivity index is 1.85. The first-order valence-corrected chi connectivity index (χ1v) is 9.09. The smallest absolute Gasteiger partial charge is 0.302 e. The van der Waals surface area contributed by atoms with Crippen LogP contribution in [0.4, 0.5) is 18.3 Å². The molecule has 0 unspecified atom stereocenters. The predicted molar refractivity (Wildman–Crippen MR) is 92.5 cm³/mol. The Labute approximate surface area is 152 Å². The lowest BCUT2D eigenvalue weighted by Crippen LogP contribution is -2.24. The molecule has 0 atom stereocenters. The number of benzene rings is 1. The molecule has 3 rings (SSSR count). The first-order chi connectivity index (χ1) is 12.4. The van der Waals surface area contributed by atoms with Crippen molar-refractivity contribution in [3.8, 4) is 17.3 Å². The fraction of sp³-hybridized carbons (Fsp3) is 0.389. The van der Waals surface area contributed by atoms with Gasteiger partial charge in [0.15, 0.2) is 5.13 Å². The topological polar surface area (TPSA) is 65.8 Å². The quantitative estimate of drug-likeness (QED) is 0.795. The van der Waals surface area contributed by atoms with E-state index in [-0.39, 0.29) is 33.1 Å². The van der Waals surface area contributed by atoms with Crippen LogP contribution in [0.5, 0.6) is 0 Å². The Hall–Kier alpha value is -2.40. The molecule has 4 nitrogen and oxygen atoms in total. The average Bonchev–Trinajstić information content (AvgIpc) is 3.04. The summed E-state index contributed by atoms with van der Waals surface area (Å²) in [6.45, 7) is 0. The first kappa shape index (κ1) is 18.4. The number of hydrogen-bond acceptors (Lipinski definition) is 4. The van der Waals surface area contributed by atoms with Gasteiger partial charge >= 0.3 is 6.18 Å². The summed E-state index contributed by atoms with van der Waals surface area (Å²) in [7, 11) is 0. The van der Waals surface area contributed by atoms with Gasteiger partial charge in [-0.3, -0.25) is 4.79 Å². The average molecular weight is 379 g/mol. The summed E-state index contributed by atoms with van der Waals surface area (Å²) in [4.78, 5) is 16.7. The van der Waals surface area contributed by atoms with Crippen LogP contribution < -0.4 is 5.32 Å². The maximum absolute atomic E-state index is 12.9. The zero-order valence-corrected chi connectivity index (χ0v) is 14.6. The number of nitrogens with zero attached hydrogens (tertiary/aromatic N) is 2. The molecule has 1 N–H and O–H groups in total. The maximum atomic E-state index is 12.9. The van der Waals surface area contributed by atoms with Gasteiger partial charge in [-0.15, -0.1) is 0 Å². The number of hydrogen-bond donors (Lipinski definition) is 1. The molecular formula is C18H16F3N3OS. The van der Waals surface area contributed by atoms with Crippen molar-refractivity contribution in [1.29, 1.82) is 5.26 Å². The van der Waals surface area contributed by atoms with E-state index in [1.807, 2.05) is 6.07 Å².